The number of alkyl halides is 1. The third-order valence-corrected chi connectivity index (χ3v) is 2.84. The molecule has 0 aliphatic heterocycles. The van der Waals surface area contributed by atoms with E-state index in [-0.39, 0.29) is 25.7 Å². The summed E-state index contributed by atoms with van der Waals surface area (Å²) in [4.78, 5) is 10.5. The van der Waals surface area contributed by atoms with Crippen LogP contribution in [0.2, 0.25) is 0 Å². The van der Waals surface area contributed by atoms with Crippen LogP contribution in [0.5, 0.6) is 0 Å². The molecule has 98 valence electrons. The lowest BCUT2D eigenvalue weighted by Crippen LogP contribution is -2.52. The fourth-order valence-electron chi connectivity index (χ4n) is 1.75. The van der Waals surface area contributed by atoms with Gasteiger partial charge in [0.15, 0.2) is 0 Å². The molecule has 1 fully saturated rings. The van der Waals surface area contributed by atoms with Gasteiger partial charge in [-0.1, -0.05) is 13.8 Å². The summed E-state index contributed by atoms with van der Waals surface area (Å²) in [7, 11) is 0. The highest BCUT2D eigenvalue weighted by Gasteiger charge is 2.44. The van der Waals surface area contributed by atoms with Crippen molar-refractivity contribution >= 4 is 6.09 Å². The maximum Gasteiger partial charge on any atom is 0.405 e. The zero-order chi connectivity index (χ0) is 13.5. The van der Waals surface area contributed by atoms with Crippen molar-refractivity contribution in [3.8, 4) is 6.07 Å². The molecule has 6 heteroatoms. The van der Waals surface area contributed by atoms with E-state index in [1.165, 1.54) is 0 Å². The molecule has 0 aromatic carbocycles. The molecule has 5 nitrogen and oxygen atoms in total. The van der Waals surface area contributed by atoms with Crippen LogP contribution >= 0.6 is 0 Å². The highest BCUT2D eigenvalue weighted by Crippen LogP contribution is 2.36. The second kappa shape index (κ2) is 6.40. The quantitative estimate of drug-likeness (QED) is 0.692. The minimum absolute atomic E-state index is 0.00264. The first-order valence-electron chi connectivity index (χ1n) is 5.67. The molecule has 1 saturated carbocycles. The smallest absolute Gasteiger partial charge is 0.405 e. The van der Waals surface area contributed by atoms with Crippen LogP contribution in [0.25, 0.3) is 0 Å². The number of carbonyl (C=O) groups is 1. The molecule has 0 atom stereocenters. The molecule has 3 N–H and O–H groups in total. The van der Waals surface area contributed by atoms with Gasteiger partial charge in [-0.25, -0.2) is 9.18 Å². The molecule has 0 radical (unpaired) electrons. The van der Waals surface area contributed by atoms with E-state index < -0.39 is 23.9 Å². The summed E-state index contributed by atoms with van der Waals surface area (Å²) in [5.41, 5.74) is -2.86. The zero-order valence-electron chi connectivity index (χ0n) is 10.2. The summed E-state index contributed by atoms with van der Waals surface area (Å²) in [6, 6.07) is 1.87. The molecule has 1 rings (SSSR count). The molecule has 1 amide bonds. The standard InChI is InChI=1S/C9H13FN2O3.C2H6/c10-8(6-13)1-3-9(5-11,4-2-8)12-7(14)15;1-2/h12-13H,1-4,6H2,(H,14,15);1-2H3. The Labute approximate surface area is 100 Å². The predicted octanol–water partition coefficient (Wildman–Crippen LogP) is 1.82. The summed E-state index contributed by atoms with van der Waals surface area (Å²) >= 11 is 0. The molecule has 0 unspecified atom stereocenters. The van der Waals surface area contributed by atoms with Crippen LogP contribution in [0.4, 0.5) is 9.18 Å². The average Bonchev–Trinajstić information content (AvgIpc) is 2.35. The highest BCUT2D eigenvalue weighted by molar-refractivity contribution is 5.66. The molecule has 1 aliphatic carbocycles. The number of nitriles is 1. The van der Waals surface area contributed by atoms with E-state index in [4.69, 9.17) is 15.5 Å². The Bertz CT molecular complexity index is 294. The van der Waals surface area contributed by atoms with Crippen LogP contribution in [-0.4, -0.2) is 34.1 Å². The fourth-order valence-corrected chi connectivity index (χ4v) is 1.75. The van der Waals surface area contributed by atoms with E-state index in [9.17, 15) is 9.18 Å². The van der Waals surface area contributed by atoms with Gasteiger partial charge >= 0.3 is 6.09 Å². The van der Waals surface area contributed by atoms with Crippen LogP contribution in [0.1, 0.15) is 39.5 Å². The lowest BCUT2D eigenvalue weighted by Gasteiger charge is -2.37. The molecule has 0 spiro atoms. The van der Waals surface area contributed by atoms with Gasteiger partial charge < -0.3 is 15.5 Å². The van der Waals surface area contributed by atoms with Crippen LogP contribution < -0.4 is 5.32 Å². The van der Waals surface area contributed by atoms with Gasteiger partial charge in [0, 0.05) is 0 Å². The van der Waals surface area contributed by atoms with Crippen molar-refractivity contribution in [3.05, 3.63) is 0 Å². The Morgan fingerprint density at radius 2 is 1.88 bits per heavy atom. The lowest BCUT2D eigenvalue weighted by atomic mass is 9.76. The van der Waals surface area contributed by atoms with E-state index in [1.54, 1.807) is 0 Å². The Balaban J connectivity index is 0.00000121. The molecule has 0 saturated heterocycles. The first-order chi connectivity index (χ1) is 7.95. The number of carboxylic acid groups (broad SMARTS) is 1. The Hall–Kier alpha value is -1.35. The van der Waals surface area contributed by atoms with Gasteiger partial charge in [-0.15, -0.1) is 0 Å². The number of rotatable bonds is 2. The molecular formula is C11H19FN2O3. The summed E-state index contributed by atoms with van der Waals surface area (Å²) in [5, 5.41) is 28.3. The molecule has 17 heavy (non-hydrogen) atoms. The van der Waals surface area contributed by atoms with E-state index in [2.05, 4.69) is 5.32 Å². The maximum absolute atomic E-state index is 13.6. The fraction of sp³-hybridized carbons (Fsp3) is 0.818. The largest absolute Gasteiger partial charge is 0.465 e. The van der Waals surface area contributed by atoms with Gasteiger partial charge in [-0.05, 0) is 25.7 Å². The number of hydrogen-bond acceptors (Lipinski definition) is 3. The molecule has 0 aromatic rings. The Morgan fingerprint density at radius 1 is 1.41 bits per heavy atom. The van der Waals surface area contributed by atoms with Gasteiger partial charge in [-0.3, -0.25) is 0 Å². The molecule has 0 heterocycles. The SMILES string of the molecule is CC.N#CC1(NC(=O)O)CCC(F)(CO)CC1. The van der Waals surface area contributed by atoms with E-state index >= 15 is 0 Å². The monoisotopic (exact) mass is 246 g/mol. The number of nitrogens with zero attached hydrogens (tertiary/aromatic N) is 1. The van der Waals surface area contributed by atoms with Crippen LogP contribution in [-0.2, 0) is 0 Å². The van der Waals surface area contributed by atoms with Gasteiger partial charge in [0.1, 0.15) is 11.2 Å². The normalized spacial score (nSPS) is 31.7. The number of hydrogen-bond donors (Lipinski definition) is 3. The topological polar surface area (TPSA) is 93.4 Å². The number of amides is 1. The van der Waals surface area contributed by atoms with Crippen LogP contribution in [0.3, 0.4) is 0 Å². The lowest BCUT2D eigenvalue weighted by molar-refractivity contribution is 0.0192. The predicted molar refractivity (Wildman–Crippen MR) is 60.2 cm³/mol. The first kappa shape index (κ1) is 15.7. The van der Waals surface area contributed by atoms with Crippen molar-refractivity contribution in [2.24, 2.45) is 0 Å². The van der Waals surface area contributed by atoms with Crippen molar-refractivity contribution in [3.63, 3.8) is 0 Å². The second-order valence-corrected chi connectivity index (χ2v) is 3.93. The van der Waals surface area contributed by atoms with E-state index in [0.29, 0.717) is 0 Å². The second-order valence-electron chi connectivity index (χ2n) is 3.93. The van der Waals surface area contributed by atoms with E-state index in [1.807, 2.05) is 19.9 Å². The number of halogens is 1. The average molecular weight is 246 g/mol. The Morgan fingerprint density at radius 3 is 2.18 bits per heavy atom. The number of aliphatic hydroxyl groups excluding tert-OH is 1. The van der Waals surface area contributed by atoms with Gasteiger partial charge in [0.2, 0.25) is 0 Å². The summed E-state index contributed by atoms with van der Waals surface area (Å²) in [6.07, 6.45) is -1.11. The van der Waals surface area contributed by atoms with Gasteiger partial charge in [0.25, 0.3) is 0 Å². The summed E-state index contributed by atoms with van der Waals surface area (Å²) in [5.74, 6) is 0. The maximum atomic E-state index is 13.6. The van der Waals surface area contributed by atoms with Crippen molar-refractivity contribution in [1.82, 2.24) is 5.32 Å². The first-order valence-corrected chi connectivity index (χ1v) is 5.67. The third-order valence-electron chi connectivity index (χ3n) is 2.84. The van der Waals surface area contributed by atoms with Crippen molar-refractivity contribution in [1.29, 1.82) is 5.26 Å². The highest BCUT2D eigenvalue weighted by atomic mass is 19.1. The minimum atomic E-state index is -1.67. The van der Waals surface area contributed by atoms with Gasteiger partial charge in [-0.2, -0.15) is 5.26 Å². The molecule has 0 aromatic heterocycles. The summed E-state index contributed by atoms with van der Waals surface area (Å²) < 4.78 is 13.6. The zero-order valence-corrected chi connectivity index (χ0v) is 10.2. The number of nitrogens with one attached hydrogen (secondary N) is 1. The van der Waals surface area contributed by atoms with Gasteiger partial charge in [0.05, 0.1) is 12.7 Å². The molecular weight excluding hydrogens is 227 g/mol. The summed E-state index contributed by atoms with van der Waals surface area (Å²) in [6.45, 7) is 3.42. The molecule has 1 aliphatic rings. The minimum Gasteiger partial charge on any atom is -0.465 e. The van der Waals surface area contributed by atoms with Crippen LogP contribution in [0.15, 0.2) is 0 Å². The number of aliphatic hydroxyl groups is 1. The van der Waals surface area contributed by atoms with E-state index in [0.717, 1.165) is 0 Å². The van der Waals surface area contributed by atoms with Crippen molar-refractivity contribution < 1.29 is 19.4 Å². The third kappa shape index (κ3) is 4.19. The van der Waals surface area contributed by atoms with Crippen molar-refractivity contribution in [2.45, 2.75) is 50.7 Å². The van der Waals surface area contributed by atoms with Crippen LogP contribution in [0, 0.1) is 11.3 Å². The molecule has 0 bridgehead atoms. The Kier molecular flexibility index (Phi) is 5.89. The van der Waals surface area contributed by atoms with Crippen molar-refractivity contribution in [2.75, 3.05) is 6.61 Å².